The maximum atomic E-state index is 12.3. The van der Waals surface area contributed by atoms with E-state index < -0.39 is 16.8 Å². The van der Waals surface area contributed by atoms with Crippen LogP contribution in [-0.2, 0) is 21.0 Å². The number of benzene rings is 2. The Hall–Kier alpha value is -2.58. The van der Waals surface area contributed by atoms with Crippen LogP contribution in [0, 0.1) is 11.8 Å². The zero-order chi connectivity index (χ0) is 19.6. The Kier molecular flexibility index (Phi) is 5.38. The van der Waals surface area contributed by atoms with Crippen LogP contribution in [0.5, 0.6) is 0 Å². The van der Waals surface area contributed by atoms with Gasteiger partial charge in [-0.15, -0.1) is 0 Å². The van der Waals surface area contributed by atoms with Gasteiger partial charge in [0.2, 0.25) is 0 Å². The van der Waals surface area contributed by atoms with Crippen molar-refractivity contribution in [2.45, 2.75) is 37.5 Å². The largest absolute Gasteiger partial charge is 0.462 e. The number of carbonyl (C=O) groups excluding carboxylic acids is 1. The number of anilines is 1. The summed E-state index contributed by atoms with van der Waals surface area (Å²) in [7, 11) is -0.931. The van der Waals surface area contributed by atoms with E-state index >= 15 is 0 Å². The monoisotopic (exact) mass is 381 g/mol. The van der Waals surface area contributed by atoms with E-state index in [0.717, 1.165) is 28.0 Å². The first-order chi connectivity index (χ1) is 12.8. The summed E-state index contributed by atoms with van der Waals surface area (Å²) in [5, 5.41) is 0. The number of hydrogen-bond acceptors (Lipinski definition) is 4. The van der Waals surface area contributed by atoms with Crippen molar-refractivity contribution in [3.63, 3.8) is 0 Å². The van der Waals surface area contributed by atoms with Crippen molar-refractivity contribution in [3.8, 4) is 11.8 Å². The molecule has 5 heteroatoms. The highest BCUT2D eigenvalue weighted by molar-refractivity contribution is 7.85. The molecule has 0 bridgehead atoms. The van der Waals surface area contributed by atoms with Gasteiger partial charge in [0.05, 0.1) is 23.0 Å². The molecular formula is C22H23NO3S. The van der Waals surface area contributed by atoms with Crippen LogP contribution < -0.4 is 5.73 Å². The third-order valence-corrected chi connectivity index (χ3v) is 6.19. The number of nitrogens with two attached hydrogens (primary N) is 1. The van der Waals surface area contributed by atoms with E-state index in [9.17, 15) is 9.00 Å². The smallest absolute Gasteiger partial charge is 0.340 e. The summed E-state index contributed by atoms with van der Waals surface area (Å²) in [4.78, 5) is 12.7. The first-order valence-electron chi connectivity index (χ1n) is 8.93. The Bertz CT molecular complexity index is 983. The highest BCUT2D eigenvalue weighted by Gasteiger charge is 2.31. The van der Waals surface area contributed by atoms with Crippen LogP contribution in [0.2, 0.25) is 0 Å². The van der Waals surface area contributed by atoms with E-state index in [4.69, 9.17) is 10.5 Å². The molecule has 140 valence electrons. The molecule has 1 unspecified atom stereocenters. The highest BCUT2D eigenvalue weighted by atomic mass is 32.2. The maximum absolute atomic E-state index is 12.3. The second kappa shape index (κ2) is 7.58. The van der Waals surface area contributed by atoms with Crippen molar-refractivity contribution in [2.75, 3.05) is 18.1 Å². The van der Waals surface area contributed by atoms with Crippen LogP contribution in [0.4, 0.5) is 5.69 Å². The Labute approximate surface area is 162 Å². The van der Waals surface area contributed by atoms with Crippen LogP contribution >= 0.6 is 0 Å². The predicted octanol–water partition coefficient (Wildman–Crippen LogP) is 3.63. The maximum Gasteiger partial charge on any atom is 0.340 e. The molecule has 0 aliphatic carbocycles. The number of esters is 1. The molecular weight excluding hydrogens is 358 g/mol. The van der Waals surface area contributed by atoms with E-state index in [1.54, 1.807) is 25.1 Å². The highest BCUT2D eigenvalue weighted by Crippen LogP contribution is 2.37. The van der Waals surface area contributed by atoms with E-state index in [-0.39, 0.29) is 5.41 Å². The normalized spacial score (nSPS) is 17.4. The minimum absolute atomic E-state index is 0.00729. The average Bonchev–Trinajstić information content (AvgIpc) is 2.63. The third kappa shape index (κ3) is 4.06. The quantitative estimate of drug-likeness (QED) is 0.490. The number of hydrogen-bond donors (Lipinski definition) is 1. The topological polar surface area (TPSA) is 69.4 Å². The first kappa shape index (κ1) is 19.2. The van der Waals surface area contributed by atoms with Gasteiger partial charge in [0.15, 0.2) is 0 Å². The molecule has 1 heterocycles. The van der Waals surface area contributed by atoms with Gasteiger partial charge in [-0.1, -0.05) is 25.7 Å². The van der Waals surface area contributed by atoms with E-state index in [0.29, 0.717) is 23.6 Å². The van der Waals surface area contributed by atoms with Gasteiger partial charge < -0.3 is 10.5 Å². The van der Waals surface area contributed by atoms with Crippen LogP contribution in [0.1, 0.15) is 54.2 Å². The second-order valence-electron chi connectivity index (χ2n) is 7.17. The van der Waals surface area contributed by atoms with Crippen LogP contribution in [0.15, 0.2) is 41.3 Å². The van der Waals surface area contributed by atoms with Gasteiger partial charge in [-0.25, -0.2) is 4.79 Å². The predicted molar refractivity (Wildman–Crippen MR) is 108 cm³/mol. The molecule has 1 atom stereocenters. The molecule has 2 aromatic rings. The molecule has 0 radical (unpaired) electrons. The van der Waals surface area contributed by atoms with E-state index in [2.05, 4.69) is 25.7 Å². The molecule has 2 N–H and O–H groups in total. The van der Waals surface area contributed by atoms with Gasteiger partial charge in [0.25, 0.3) is 0 Å². The minimum Gasteiger partial charge on any atom is -0.462 e. The van der Waals surface area contributed by atoms with Crippen molar-refractivity contribution in [3.05, 3.63) is 58.7 Å². The lowest BCUT2D eigenvalue weighted by molar-refractivity contribution is 0.0527. The summed E-state index contributed by atoms with van der Waals surface area (Å²) in [6.45, 7) is 6.41. The molecule has 0 fully saturated rings. The van der Waals surface area contributed by atoms with Gasteiger partial charge in [-0.05, 0) is 60.7 Å². The summed E-state index contributed by atoms with van der Waals surface area (Å²) in [5.74, 6) is 6.51. The molecule has 0 saturated heterocycles. The van der Waals surface area contributed by atoms with Crippen molar-refractivity contribution >= 4 is 22.5 Å². The average molecular weight is 381 g/mol. The molecule has 1 aliphatic rings. The molecule has 1 aliphatic heterocycles. The van der Waals surface area contributed by atoms with Crippen LogP contribution in [-0.4, -0.2) is 22.5 Å². The Morgan fingerprint density at radius 2 is 1.85 bits per heavy atom. The molecule has 3 rings (SSSR count). The van der Waals surface area contributed by atoms with Gasteiger partial charge in [-0.2, -0.15) is 0 Å². The van der Waals surface area contributed by atoms with Crippen molar-refractivity contribution in [1.82, 2.24) is 0 Å². The number of carbonyl (C=O) groups is 1. The van der Waals surface area contributed by atoms with Crippen LogP contribution in [0.3, 0.4) is 0 Å². The zero-order valence-electron chi connectivity index (χ0n) is 15.8. The fourth-order valence-electron chi connectivity index (χ4n) is 3.11. The summed E-state index contributed by atoms with van der Waals surface area (Å²) in [5.41, 5.74) is 9.35. The summed E-state index contributed by atoms with van der Waals surface area (Å²) in [6, 6.07) is 10.9. The molecule has 0 amide bonds. The summed E-state index contributed by atoms with van der Waals surface area (Å²) < 4.78 is 17.2. The first-order valence-corrected chi connectivity index (χ1v) is 10.3. The van der Waals surface area contributed by atoms with E-state index in [1.807, 2.05) is 18.2 Å². The molecule has 0 saturated carbocycles. The van der Waals surface area contributed by atoms with Crippen molar-refractivity contribution < 1.29 is 13.7 Å². The lowest BCUT2D eigenvalue weighted by atomic mass is 9.81. The van der Waals surface area contributed by atoms with Gasteiger partial charge in [0, 0.05) is 27.5 Å². The standard InChI is InChI=1S/C22H23NO3S/c1-4-26-21(24)17-9-7-16(14-19(17)23)6-5-15-8-10-20-18(13-15)22(2,3)11-12-27(20)25/h7-10,13-14H,4,11-12,23H2,1-3H3. The molecule has 2 aromatic carbocycles. The SMILES string of the molecule is CCOC(=O)c1ccc(C#Cc2ccc3c(c2)C(C)(C)CCS3=O)cc1N. The lowest BCUT2D eigenvalue weighted by Crippen LogP contribution is -2.27. The lowest BCUT2D eigenvalue weighted by Gasteiger charge is -2.31. The fourth-order valence-corrected chi connectivity index (χ4v) is 4.82. The van der Waals surface area contributed by atoms with Crippen LogP contribution in [0.25, 0.3) is 0 Å². The summed E-state index contributed by atoms with van der Waals surface area (Å²) in [6.07, 6.45) is 0.898. The summed E-state index contributed by atoms with van der Waals surface area (Å²) >= 11 is 0. The Morgan fingerprint density at radius 3 is 2.52 bits per heavy atom. The number of fused-ring (bicyclic) bond motifs is 1. The number of ether oxygens (including phenoxy) is 1. The molecule has 4 nitrogen and oxygen atoms in total. The number of rotatable bonds is 2. The fraction of sp³-hybridized carbons (Fsp3) is 0.318. The Balaban J connectivity index is 1.90. The molecule has 27 heavy (non-hydrogen) atoms. The van der Waals surface area contributed by atoms with Gasteiger partial charge in [0.1, 0.15) is 0 Å². The molecule has 0 aromatic heterocycles. The Morgan fingerprint density at radius 1 is 1.19 bits per heavy atom. The zero-order valence-corrected chi connectivity index (χ0v) is 16.6. The molecule has 0 spiro atoms. The number of nitrogen functional groups attached to an aromatic ring is 1. The van der Waals surface area contributed by atoms with Gasteiger partial charge >= 0.3 is 5.97 Å². The van der Waals surface area contributed by atoms with Gasteiger partial charge in [-0.3, -0.25) is 4.21 Å². The van der Waals surface area contributed by atoms with Crippen molar-refractivity contribution in [1.29, 1.82) is 0 Å². The van der Waals surface area contributed by atoms with Crippen molar-refractivity contribution in [2.24, 2.45) is 0 Å². The third-order valence-electron chi connectivity index (χ3n) is 4.76. The second-order valence-corrected chi connectivity index (χ2v) is 8.71. The van der Waals surface area contributed by atoms with E-state index in [1.165, 1.54) is 0 Å². The minimum atomic E-state index is -0.931.